The third-order valence-electron chi connectivity index (χ3n) is 4.82. The van der Waals surface area contributed by atoms with E-state index in [1.54, 1.807) is 6.33 Å². The summed E-state index contributed by atoms with van der Waals surface area (Å²) in [6.07, 6.45) is 3.43. The highest BCUT2D eigenvalue weighted by Crippen LogP contribution is 2.28. The molecule has 1 saturated heterocycles. The number of aromatic nitrogens is 2. The zero-order chi connectivity index (χ0) is 19.2. The van der Waals surface area contributed by atoms with Crippen molar-refractivity contribution < 1.29 is 9.53 Å². The first-order valence-electron chi connectivity index (χ1n) is 9.37. The van der Waals surface area contributed by atoms with Crippen LogP contribution in [0.5, 0.6) is 5.75 Å². The second-order valence-electron chi connectivity index (χ2n) is 6.59. The van der Waals surface area contributed by atoms with E-state index in [2.05, 4.69) is 14.9 Å². The number of piperazine rings is 1. The Labute approximate surface area is 164 Å². The Balaban J connectivity index is 1.38. The first kappa shape index (κ1) is 18.0. The van der Waals surface area contributed by atoms with Gasteiger partial charge in [-0.1, -0.05) is 48.5 Å². The van der Waals surface area contributed by atoms with Crippen molar-refractivity contribution in [2.45, 2.75) is 0 Å². The Morgan fingerprint density at radius 1 is 0.929 bits per heavy atom. The molecule has 0 aliphatic carbocycles. The minimum Gasteiger partial charge on any atom is -0.484 e. The smallest absolute Gasteiger partial charge is 0.260 e. The van der Waals surface area contributed by atoms with Crippen LogP contribution in [0.25, 0.3) is 11.3 Å². The summed E-state index contributed by atoms with van der Waals surface area (Å²) in [4.78, 5) is 25.3. The van der Waals surface area contributed by atoms with Gasteiger partial charge in [0.1, 0.15) is 12.1 Å². The minimum atomic E-state index is 0.0103. The van der Waals surface area contributed by atoms with Crippen molar-refractivity contribution in [3.8, 4) is 17.0 Å². The van der Waals surface area contributed by atoms with Crippen LogP contribution >= 0.6 is 0 Å². The molecule has 0 atom stereocenters. The molecule has 1 fully saturated rings. The number of carbonyl (C=O) groups is 1. The van der Waals surface area contributed by atoms with E-state index in [9.17, 15) is 4.79 Å². The summed E-state index contributed by atoms with van der Waals surface area (Å²) in [6.45, 7) is 2.85. The number of carbonyl (C=O) groups excluding carboxylic acids is 1. The summed E-state index contributed by atoms with van der Waals surface area (Å²) in [5, 5.41) is 0. The van der Waals surface area contributed by atoms with E-state index in [-0.39, 0.29) is 12.5 Å². The van der Waals surface area contributed by atoms with Crippen molar-refractivity contribution in [2.24, 2.45) is 0 Å². The van der Waals surface area contributed by atoms with Crippen molar-refractivity contribution in [2.75, 3.05) is 37.7 Å². The summed E-state index contributed by atoms with van der Waals surface area (Å²) in [5.41, 5.74) is 2.98. The van der Waals surface area contributed by atoms with Crippen LogP contribution in [-0.2, 0) is 4.79 Å². The SMILES string of the molecule is O=C(COc1ccccc1)N1CCN(c2cncnc2-c2ccccc2)CC1. The Morgan fingerprint density at radius 2 is 1.61 bits per heavy atom. The van der Waals surface area contributed by atoms with E-state index < -0.39 is 0 Å². The molecule has 0 bridgehead atoms. The zero-order valence-corrected chi connectivity index (χ0v) is 15.6. The lowest BCUT2D eigenvalue weighted by Crippen LogP contribution is -2.50. The van der Waals surface area contributed by atoms with Crippen molar-refractivity contribution in [1.29, 1.82) is 0 Å². The number of nitrogens with zero attached hydrogens (tertiary/aromatic N) is 4. The molecule has 0 N–H and O–H groups in total. The van der Waals surface area contributed by atoms with Gasteiger partial charge < -0.3 is 14.5 Å². The van der Waals surface area contributed by atoms with Gasteiger partial charge in [0.25, 0.3) is 5.91 Å². The molecule has 0 saturated carbocycles. The Kier molecular flexibility index (Phi) is 5.47. The number of amides is 1. The second-order valence-corrected chi connectivity index (χ2v) is 6.59. The minimum absolute atomic E-state index is 0.0103. The molecule has 28 heavy (non-hydrogen) atoms. The highest BCUT2D eigenvalue weighted by atomic mass is 16.5. The molecule has 142 valence electrons. The van der Waals surface area contributed by atoms with Gasteiger partial charge in [0.2, 0.25) is 0 Å². The van der Waals surface area contributed by atoms with E-state index in [0.29, 0.717) is 18.8 Å². The van der Waals surface area contributed by atoms with Gasteiger partial charge in [-0.15, -0.1) is 0 Å². The number of hydrogen-bond acceptors (Lipinski definition) is 5. The highest BCUT2D eigenvalue weighted by molar-refractivity contribution is 5.79. The predicted molar refractivity (Wildman–Crippen MR) is 108 cm³/mol. The number of anilines is 1. The largest absolute Gasteiger partial charge is 0.484 e. The standard InChI is InChI=1S/C22H22N4O2/c27-21(16-28-19-9-5-2-6-10-19)26-13-11-25(12-14-26)20-15-23-17-24-22(20)18-7-3-1-4-8-18/h1-10,15,17H,11-14,16H2. The van der Waals surface area contributed by atoms with E-state index in [1.807, 2.05) is 71.8 Å². The topological polar surface area (TPSA) is 58.6 Å². The normalized spacial score (nSPS) is 14.0. The molecular weight excluding hydrogens is 352 g/mol. The monoisotopic (exact) mass is 374 g/mol. The number of para-hydroxylation sites is 1. The maximum Gasteiger partial charge on any atom is 0.260 e. The van der Waals surface area contributed by atoms with Crippen LogP contribution < -0.4 is 9.64 Å². The van der Waals surface area contributed by atoms with E-state index >= 15 is 0 Å². The lowest BCUT2D eigenvalue weighted by atomic mass is 10.1. The lowest BCUT2D eigenvalue weighted by Gasteiger charge is -2.36. The molecule has 6 nitrogen and oxygen atoms in total. The van der Waals surface area contributed by atoms with E-state index in [4.69, 9.17) is 4.74 Å². The van der Waals surface area contributed by atoms with Crippen LogP contribution in [-0.4, -0.2) is 53.6 Å². The molecule has 6 heteroatoms. The number of ether oxygens (including phenoxy) is 1. The first-order valence-corrected chi connectivity index (χ1v) is 9.37. The molecule has 1 aromatic heterocycles. The second kappa shape index (κ2) is 8.52. The maximum atomic E-state index is 12.5. The van der Waals surface area contributed by atoms with E-state index in [1.165, 1.54) is 0 Å². The third kappa shape index (κ3) is 4.11. The molecule has 0 spiro atoms. The molecule has 2 heterocycles. The van der Waals surface area contributed by atoms with Crippen molar-refractivity contribution in [3.05, 3.63) is 73.2 Å². The van der Waals surface area contributed by atoms with Gasteiger partial charge in [-0.2, -0.15) is 0 Å². The molecule has 1 aliphatic heterocycles. The van der Waals surface area contributed by atoms with Gasteiger partial charge in [0, 0.05) is 31.7 Å². The summed E-state index contributed by atoms with van der Waals surface area (Å²) >= 11 is 0. The fraction of sp³-hybridized carbons (Fsp3) is 0.227. The molecular formula is C22H22N4O2. The summed E-state index contributed by atoms with van der Waals surface area (Å²) < 4.78 is 5.58. The van der Waals surface area contributed by atoms with Gasteiger partial charge in [0.05, 0.1) is 17.6 Å². The Morgan fingerprint density at radius 3 is 2.32 bits per heavy atom. The van der Waals surface area contributed by atoms with Crippen molar-refractivity contribution in [3.63, 3.8) is 0 Å². The fourth-order valence-electron chi connectivity index (χ4n) is 3.32. The first-order chi connectivity index (χ1) is 13.8. The molecule has 1 amide bonds. The third-order valence-corrected chi connectivity index (χ3v) is 4.82. The summed E-state index contributed by atoms with van der Waals surface area (Å²) in [5.74, 6) is 0.722. The molecule has 4 rings (SSSR count). The summed E-state index contributed by atoms with van der Waals surface area (Å²) in [7, 11) is 0. The van der Waals surface area contributed by atoms with Crippen LogP contribution in [0.3, 0.4) is 0 Å². The summed E-state index contributed by atoms with van der Waals surface area (Å²) in [6, 6.07) is 19.5. The number of rotatable bonds is 5. The average Bonchev–Trinajstić information content (AvgIpc) is 2.79. The van der Waals surface area contributed by atoms with Crippen LogP contribution in [0.4, 0.5) is 5.69 Å². The van der Waals surface area contributed by atoms with Gasteiger partial charge in [0.15, 0.2) is 6.61 Å². The van der Waals surface area contributed by atoms with Crippen molar-refractivity contribution in [1.82, 2.24) is 14.9 Å². The number of benzene rings is 2. The maximum absolute atomic E-state index is 12.5. The van der Waals surface area contributed by atoms with Gasteiger partial charge in [-0.05, 0) is 12.1 Å². The van der Waals surface area contributed by atoms with Crippen LogP contribution in [0, 0.1) is 0 Å². The van der Waals surface area contributed by atoms with Gasteiger partial charge >= 0.3 is 0 Å². The van der Waals surface area contributed by atoms with Crippen molar-refractivity contribution >= 4 is 11.6 Å². The van der Waals surface area contributed by atoms with Gasteiger partial charge in [-0.25, -0.2) is 9.97 Å². The van der Waals surface area contributed by atoms with Crippen LogP contribution in [0.15, 0.2) is 73.2 Å². The zero-order valence-electron chi connectivity index (χ0n) is 15.6. The van der Waals surface area contributed by atoms with Crippen LogP contribution in [0.2, 0.25) is 0 Å². The molecule has 0 radical (unpaired) electrons. The van der Waals surface area contributed by atoms with E-state index in [0.717, 1.165) is 30.0 Å². The Hall–Kier alpha value is -3.41. The molecule has 2 aromatic carbocycles. The average molecular weight is 374 g/mol. The predicted octanol–water partition coefficient (Wildman–Crippen LogP) is 2.87. The van der Waals surface area contributed by atoms with Crippen LogP contribution in [0.1, 0.15) is 0 Å². The lowest BCUT2D eigenvalue weighted by molar-refractivity contribution is -0.133. The van der Waals surface area contributed by atoms with Gasteiger partial charge in [-0.3, -0.25) is 4.79 Å². The number of hydrogen-bond donors (Lipinski definition) is 0. The molecule has 3 aromatic rings. The fourth-order valence-corrected chi connectivity index (χ4v) is 3.32. The molecule has 0 unspecified atom stereocenters. The Bertz CT molecular complexity index is 910. The highest BCUT2D eigenvalue weighted by Gasteiger charge is 2.23. The quantitative estimate of drug-likeness (QED) is 0.687. The molecule has 1 aliphatic rings.